The first-order chi connectivity index (χ1) is 14.6. The largest absolute Gasteiger partial charge is 0.504 e. The lowest BCUT2D eigenvalue weighted by atomic mass is 10.1. The van der Waals surface area contributed by atoms with Gasteiger partial charge in [0.2, 0.25) is 0 Å². The second kappa shape index (κ2) is 8.38. The summed E-state index contributed by atoms with van der Waals surface area (Å²) >= 11 is 1.60. The molecule has 7 nitrogen and oxygen atoms in total. The van der Waals surface area contributed by atoms with Crippen LogP contribution < -0.4 is 14.9 Å². The summed E-state index contributed by atoms with van der Waals surface area (Å²) < 4.78 is 11.3. The minimum atomic E-state index is 0.0580. The average molecular weight is 420 g/mol. The number of aromatic nitrogens is 2. The fraction of sp³-hybridized carbons (Fsp3) is 0.136. The first kappa shape index (κ1) is 19.7. The summed E-state index contributed by atoms with van der Waals surface area (Å²) in [5, 5.41) is 14.2. The number of fused-ring (bicyclic) bond motifs is 1. The number of methoxy groups -OCH3 is 2. The maximum Gasteiger partial charge on any atom is 0.167 e. The molecule has 0 atom stereocenters. The predicted octanol–water partition coefficient (Wildman–Crippen LogP) is 4.84. The Labute approximate surface area is 177 Å². The van der Waals surface area contributed by atoms with Crippen molar-refractivity contribution in [3.63, 3.8) is 0 Å². The van der Waals surface area contributed by atoms with Crippen LogP contribution in [0.15, 0.2) is 53.9 Å². The van der Waals surface area contributed by atoms with Crippen molar-refractivity contribution in [1.29, 1.82) is 0 Å². The lowest BCUT2D eigenvalue weighted by molar-refractivity contribution is 0.373. The Balaban J connectivity index is 1.64. The van der Waals surface area contributed by atoms with Crippen molar-refractivity contribution in [2.24, 2.45) is 5.10 Å². The van der Waals surface area contributed by atoms with Crippen LogP contribution in [0, 0.1) is 6.92 Å². The highest BCUT2D eigenvalue weighted by atomic mass is 32.1. The van der Waals surface area contributed by atoms with E-state index in [1.54, 1.807) is 42.9 Å². The zero-order valence-electron chi connectivity index (χ0n) is 16.7. The molecule has 2 aromatic carbocycles. The van der Waals surface area contributed by atoms with E-state index >= 15 is 0 Å². The number of hydrogen-bond acceptors (Lipinski definition) is 8. The Morgan fingerprint density at radius 1 is 1.10 bits per heavy atom. The van der Waals surface area contributed by atoms with Crippen molar-refractivity contribution < 1.29 is 14.6 Å². The molecule has 4 aromatic rings. The highest BCUT2D eigenvalue weighted by Gasteiger charge is 2.15. The molecule has 8 heteroatoms. The number of anilines is 1. The minimum absolute atomic E-state index is 0.0580. The molecule has 0 amide bonds. The third-order valence-corrected chi connectivity index (χ3v) is 5.96. The zero-order chi connectivity index (χ0) is 21.1. The van der Waals surface area contributed by atoms with Crippen LogP contribution in [0.2, 0.25) is 0 Å². The van der Waals surface area contributed by atoms with Crippen molar-refractivity contribution in [1.82, 2.24) is 9.97 Å². The number of phenols is 1. The first-order valence-corrected chi connectivity index (χ1v) is 9.97. The Bertz CT molecular complexity index is 1240. The molecule has 0 aliphatic carbocycles. The van der Waals surface area contributed by atoms with Gasteiger partial charge in [-0.25, -0.2) is 9.97 Å². The Morgan fingerprint density at radius 3 is 2.73 bits per heavy atom. The summed E-state index contributed by atoms with van der Waals surface area (Å²) in [7, 11) is 3.17. The molecule has 0 saturated heterocycles. The quantitative estimate of drug-likeness (QED) is 0.343. The molecule has 0 aliphatic heterocycles. The zero-order valence-corrected chi connectivity index (χ0v) is 17.5. The lowest BCUT2D eigenvalue weighted by Crippen LogP contribution is -1.95. The number of rotatable bonds is 6. The van der Waals surface area contributed by atoms with Crippen LogP contribution in [0.1, 0.15) is 11.1 Å². The SMILES string of the molecule is COc1cccc(-c2sc3c(N/N=C/c4ccc(OC)c(O)c4)ncnc3c2C)c1. The van der Waals surface area contributed by atoms with Crippen LogP contribution in [0.3, 0.4) is 0 Å². The molecule has 0 bridgehead atoms. The number of aryl methyl sites for hydroxylation is 1. The van der Waals surface area contributed by atoms with Crippen LogP contribution in [0.5, 0.6) is 17.2 Å². The topological polar surface area (TPSA) is 88.9 Å². The summed E-state index contributed by atoms with van der Waals surface area (Å²) in [6.07, 6.45) is 3.13. The molecule has 2 heterocycles. The summed E-state index contributed by atoms with van der Waals surface area (Å²) in [5.41, 5.74) is 6.75. The molecule has 4 rings (SSSR count). The van der Waals surface area contributed by atoms with Gasteiger partial charge in [0.15, 0.2) is 17.3 Å². The van der Waals surface area contributed by atoms with Crippen LogP contribution in [-0.2, 0) is 0 Å². The van der Waals surface area contributed by atoms with E-state index in [1.165, 1.54) is 13.4 Å². The number of nitrogens with zero attached hydrogens (tertiary/aromatic N) is 3. The number of benzene rings is 2. The second-order valence-corrected chi connectivity index (χ2v) is 7.51. The molecular weight excluding hydrogens is 400 g/mol. The van der Waals surface area contributed by atoms with E-state index in [0.29, 0.717) is 11.6 Å². The molecule has 0 fully saturated rings. The van der Waals surface area contributed by atoms with E-state index in [-0.39, 0.29) is 5.75 Å². The number of ether oxygens (including phenoxy) is 2. The number of nitrogens with one attached hydrogen (secondary N) is 1. The van der Waals surface area contributed by atoms with Gasteiger partial charge in [0.25, 0.3) is 0 Å². The third-order valence-electron chi connectivity index (χ3n) is 4.62. The van der Waals surface area contributed by atoms with Crippen molar-refractivity contribution in [2.45, 2.75) is 6.92 Å². The summed E-state index contributed by atoms with van der Waals surface area (Å²) in [6, 6.07) is 13.0. The molecule has 0 aliphatic rings. The highest BCUT2D eigenvalue weighted by Crippen LogP contribution is 2.40. The van der Waals surface area contributed by atoms with E-state index < -0.39 is 0 Å². The summed E-state index contributed by atoms with van der Waals surface area (Å²) in [6.45, 7) is 2.05. The smallest absolute Gasteiger partial charge is 0.167 e. The summed E-state index contributed by atoms with van der Waals surface area (Å²) in [4.78, 5) is 9.91. The molecule has 2 N–H and O–H groups in total. The van der Waals surface area contributed by atoms with E-state index in [4.69, 9.17) is 9.47 Å². The van der Waals surface area contributed by atoms with Gasteiger partial charge >= 0.3 is 0 Å². The number of thiophene rings is 1. The van der Waals surface area contributed by atoms with Gasteiger partial charge in [-0.1, -0.05) is 12.1 Å². The monoisotopic (exact) mass is 420 g/mol. The maximum atomic E-state index is 9.89. The van der Waals surface area contributed by atoms with E-state index in [9.17, 15) is 5.11 Å². The third kappa shape index (κ3) is 3.77. The van der Waals surface area contributed by atoms with Crippen molar-refractivity contribution in [3.8, 4) is 27.7 Å². The average Bonchev–Trinajstić information content (AvgIpc) is 3.11. The molecule has 0 spiro atoms. The van der Waals surface area contributed by atoms with Gasteiger partial charge in [-0.15, -0.1) is 11.3 Å². The molecule has 30 heavy (non-hydrogen) atoms. The molecular formula is C22H20N4O3S. The van der Waals surface area contributed by atoms with Gasteiger partial charge in [-0.05, 0) is 53.9 Å². The number of hydrazone groups is 1. The Morgan fingerprint density at radius 2 is 1.97 bits per heavy atom. The maximum absolute atomic E-state index is 9.89. The molecule has 0 unspecified atom stereocenters. The van der Waals surface area contributed by atoms with Crippen LogP contribution in [0.25, 0.3) is 20.7 Å². The molecule has 0 saturated carbocycles. The van der Waals surface area contributed by atoms with Gasteiger partial charge in [-0.3, -0.25) is 5.43 Å². The summed E-state index contributed by atoms with van der Waals surface area (Å²) in [5.74, 6) is 1.90. The van der Waals surface area contributed by atoms with Crippen LogP contribution in [0.4, 0.5) is 5.82 Å². The molecule has 0 radical (unpaired) electrons. The Hall–Kier alpha value is -3.65. The number of aromatic hydroxyl groups is 1. The number of hydrogen-bond donors (Lipinski definition) is 2. The molecule has 2 aromatic heterocycles. The molecule has 152 valence electrons. The fourth-order valence-corrected chi connectivity index (χ4v) is 4.29. The number of phenolic OH excluding ortho intramolecular Hbond substituents is 1. The van der Waals surface area contributed by atoms with Gasteiger partial charge < -0.3 is 14.6 Å². The van der Waals surface area contributed by atoms with Gasteiger partial charge in [0, 0.05) is 4.88 Å². The van der Waals surface area contributed by atoms with Crippen molar-refractivity contribution in [3.05, 3.63) is 59.9 Å². The lowest BCUT2D eigenvalue weighted by Gasteiger charge is -2.03. The van der Waals surface area contributed by atoms with Gasteiger partial charge in [0.1, 0.15) is 12.1 Å². The van der Waals surface area contributed by atoms with Gasteiger partial charge in [0.05, 0.1) is 30.7 Å². The van der Waals surface area contributed by atoms with Crippen LogP contribution >= 0.6 is 11.3 Å². The Kier molecular flexibility index (Phi) is 5.49. The van der Waals surface area contributed by atoms with Crippen molar-refractivity contribution >= 4 is 33.6 Å². The minimum Gasteiger partial charge on any atom is -0.504 e. The predicted molar refractivity (Wildman–Crippen MR) is 120 cm³/mol. The second-order valence-electron chi connectivity index (χ2n) is 6.49. The standard InChI is InChI=1S/C22H20N4O3S/c1-13-19-21(30-20(13)15-5-4-6-16(10-15)28-2)22(24-12-23-19)26-25-11-14-7-8-18(29-3)17(27)9-14/h4-12,27H,1-3H3,(H,23,24,26)/b25-11+. The van der Waals surface area contributed by atoms with Crippen molar-refractivity contribution in [2.75, 3.05) is 19.6 Å². The fourth-order valence-electron chi connectivity index (χ4n) is 3.10. The highest BCUT2D eigenvalue weighted by molar-refractivity contribution is 7.23. The van der Waals surface area contributed by atoms with E-state index in [2.05, 4.69) is 26.6 Å². The first-order valence-electron chi connectivity index (χ1n) is 9.15. The van der Waals surface area contributed by atoms with E-state index in [1.807, 2.05) is 25.1 Å². The van der Waals surface area contributed by atoms with Gasteiger partial charge in [-0.2, -0.15) is 5.10 Å². The van der Waals surface area contributed by atoms with E-state index in [0.717, 1.165) is 37.5 Å². The normalized spacial score (nSPS) is 11.2. The van der Waals surface area contributed by atoms with Crippen LogP contribution in [-0.4, -0.2) is 35.5 Å².